The first-order valence-electron chi connectivity index (χ1n) is 9.58. The summed E-state index contributed by atoms with van der Waals surface area (Å²) in [7, 11) is 0. The van der Waals surface area contributed by atoms with Gasteiger partial charge >= 0.3 is 0 Å². The van der Waals surface area contributed by atoms with Crippen LogP contribution in [-0.2, 0) is 9.59 Å². The molecule has 0 bridgehead atoms. The van der Waals surface area contributed by atoms with Crippen LogP contribution >= 0.6 is 0 Å². The standard InChI is InChI=1S/C23H24N2O2/c1-16-11-12-18(15-17(16)2)20-21(24-13-7-4-8-14-24)23(27)25(22(20)26)19-9-5-3-6-10-19/h3,5-6,9-12,15H,4,7-8,13-14H2,1-2H3. The number of hydrogen-bond acceptors (Lipinski definition) is 3. The first-order valence-corrected chi connectivity index (χ1v) is 9.58. The number of aryl methyl sites for hydroxylation is 2. The zero-order valence-electron chi connectivity index (χ0n) is 15.9. The highest BCUT2D eigenvalue weighted by atomic mass is 16.2. The number of carbonyl (C=O) groups excluding carboxylic acids is 2. The number of piperidine rings is 1. The monoisotopic (exact) mass is 360 g/mol. The number of hydrogen-bond donors (Lipinski definition) is 0. The van der Waals surface area contributed by atoms with Gasteiger partial charge in [-0.2, -0.15) is 0 Å². The van der Waals surface area contributed by atoms with Crippen molar-refractivity contribution in [3.05, 3.63) is 70.9 Å². The average Bonchev–Trinajstić information content (AvgIpc) is 2.95. The second-order valence-electron chi connectivity index (χ2n) is 7.35. The lowest BCUT2D eigenvalue weighted by atomic mass is 9.98. The summed E-state index contributed by atoms with van der Waals surface area (Å²) in [6.45, 7) is 5.74. The van der Waals surface area contributed by atoms with Crippen LogP contribution in [0.2, 0.25) is 0 Å². The van der Waals surface area contributed by atoms with E-state index in [2.05, 4.69) is 11.8 Å². The fourth-order valence-electron chi connectivity index (χ4n) is 3.90. The van der Waals surface area contributed by atoms with E-state index in [0.29, 0.717) is 17.0 Å². The van der Waals surface area contributed by atoms with Crippen LogP contribution in [0.1, 0.15) is 36.0 Å². The molecule has 0 unspecified atom stereocenters. The van der Waals surface area contributed by atoms with Crippen LogP contribution in [0.15, 0.2) is 54.2 Å². The fraction of sp³-hybridized carbons (Fsp3) is 0.304. The Morgan fingerprint density at radius 1 is 0.778 bits per heavy atom. The van der Waals surface area contributed by atoms with Gasteiger partial charge in [-0.15, -0.1) is 0 Å². The van der Waals surface area contributed by atoms with Gasteiger partial charge in [-0.1, -0.05) is 36.4 Å². The van der Waals surface area contributed by atoms with E-state index < -0.39 is 0 Å². The van der Waals surface area contributed by atoms with E-state index in [1.807, 2.05) is 55.5 Å². The molecular weight excluding hydrogens is 336 g/mol. The molecule has 1 saturated heterocycles. The first-order chi connectivity index (χ1) is 13.1. The maximum absolute atomic E-state index is 13.4. The van der Waals surface area contributed by atoms with Crippen LogP contribution in [-0.4, -0.2) is 29.8 Å². The summed E-state index contributed by atoms with van der Waals surface area (Å²) in [6, 6.07) is 15.2. The van der Waals surface area contributed by atoms with Crippen molar-refractivity contribution in [2.24, 2.45) is 0 Å². The number of para-hydroxylation sites is 1. The van der Waals surface area contributed by atoms with Gasteiger partial charge in [0.15, 0.2) is 0 Å². The largest absolute Gasteiger partial charge is 0.366 e. The Hall–Kier alpha value is -2.88. The number of anilines is 1. The number of imide groups is 1. The summed E-state index contributed by atoms with van der Waals surface area (Å²) in [4.78, 5) is 30.2. The van der Waals surface area contributed by atoms with E-state index in [9.17, 15) is 9.59 Å². The smallest absolute Gasteiger partial charge is 0.282 e. The van der Waals surface area contributed by atoms with Crippen molar-refractivity contribution in [2.45, 2.75) is 33.1 Å². The number of amides is 2. The Labute approximate surface area is 160 Å². The number of benzene rings is 2. The van der Waals surface area contributed by atoms with E-state index in [-0.39, 0.29) is 11.8 Å². The molecular formula is C23H24N2O2. The molecule has 4 heteroatoms. The minimum absolute atomic E-state index is 0.207. The van der Waals surface area contributed by atoms with Gasteiger partial charge < -0.3 is 4.90 Å². The molecule has 0 atom stereocenters. The Morgan fingerprint density at radius 3 is 2.15 bits per heavy atom. The Bertz CT molecular complexity index is 925. The predicted molar refractivity (Wildman–Crippen MR) is 107 cm³/mol. The molecule has 2 aliphatic heterocycles. The molecule has 2 amide bonds. The van der Waals surface area contributed by atoms with E-state index in [0.717, 1.165) is 37.1 Å². The highest BCUT2D eigenvalue weighted by Gasteiger charge is 2.42. The van der Waals surface area contributed by atoms with Crippen molar-refractivity contribution in [2.75, 3.05) is 18.0 Å². The molecule has 0 aromatic heterocycles. The van der Waals surface area contributed by atoms with Crippen molar-refractivity contribution in [3.8, 4) is 0 Å². The molecule has 2 heterocycles. The van der Waals surface area contributed by atoms with Gasteiger partial charge in [-0.05, 0) is 61.9 Å². The molecule has 0 aliphatic carbocycles. The summed E-state index contributed by atoms with van der Waals surface area (Å²) in [5, 5.41) is 0. The normalized spacial score (nSPS) is 17.9. The maximum Gasteiger partial charge on any atom is 0.282 e. The van der Waals surface area contributed by atoms with Gasteiger partial charge in [-0.25, -0.2) is 4.90 Å². The van der Waals surface area contributed by atoms with Crippen molar-refractivity contribution >= 4 is 23.1 Å². The SMILES string of the molecule is Cc1ccc(C2=C(N3CCCCC3)C(=O)N(c3ccccc3)C2=O)cc1C. The first kappa shape index (κ1) is 17.5. The lowest BCUT2D eigenvalue weighted by molar-refractivity contribution is -0.120. The number of carbonyl (C=O) groups is 2. The third-order valence-electron chi connectivity index (χ3n) is 5.54. The molecule has 2 aromatic carbocycles. The quantitative estimate of drug-likeness (QED) is 0.775. The van der Waals surface area contributed by atoms with Crippen molar-refractivity contribution in [1.82, 2.24) is 4.90 Å². The van der Waals surface area contributed by atoms with E-state index >= 15 is 0 Å². The molecule has 27 heavy (non-hydrogen) atoms. The van der Waals surface area contributed by atoms with Crippen LogP contribution in [0, 0.1) is 13.8 Å². The molecule has 4 nitrogen and oxygen atoms in total. The zero-order valence-corrected chi connectivity index (χ0v) is 15.9. The van der Waals surface area contributed by atoms with Gasteiger partial charge in [0.2, 0.25) is 0 Å². The van der Waals surface area contributed by atoms with Crippen molar-refractivity contribution in [1.29, 1.82) is 0 Å². The average molecular weight is 360 g/mol. The molecule has 0 N–H and O–H groups in total. The van der Waals surface area contributed by atoms with Crippen LogP contribution in [0.25, 0.3) is 5.57 Å². The minimum Gasteiger partial charge on any atom is -0.366 e. The molecule has 2 aromatic rings. The molecule has 1 fully saturated rings. The van der Waals surface area contributed by atoms with Gasteiger partial charge in [0.1, 0.15) is 5.70 Å². The van der Waals surface area contributed by atoms with E-state index in [4.69, 9.17) is 0 Å². The third kappa shape index (κ3) is 3.05. The summed E-state index contributed by atoms with van der Waals surface area (Å²) < 4.78 is 0. The van der Waals surface area contributed by atoms with Gasteiger partial charge in [0, 0.05) is 13.1 Å². The van der Waals surface area contributed by atoms with Crippen LogP contribution in [0.5, 0.6) is 0 Å². The molecule has 0 spiro atoms. The van der Waals surface area contributed by atoms with Crippen LogP contribution < -0.4 is 4.90 Å². The molecule has 138 valence electrons. The highest BCUT2D eigenvalue weighted by molar-refractivity contribution is 6.45. The Balaban J connectivity index is 1.85. The number of rotatable bonds is 3. The summed E-state index contributed by atoms with van der Waals surface area (Å²) in [6.07, 6.45) is 3.28. The summed E-state index contributed by atoms with van der Waals surface area (Å²) >= 11 is 0. The second kappa shape index (κ2) is 7.03. The lowest BCUT2D eigenvalue weighted by Gasteiger charge is -2.29. The highest BCUT2D eigenvalue weighted by Crippen LogP contribution is 2.36. The fourth-order valence-corrected chi connectivity index (χ4v) is 3.90. The number of likely N-dealkylation sites (tertiary alicyclic amines) is 1. The molecule has 0 saturated carbocycles. The maximum atomic E-state index is 13.4. The second-order valence-corrected chi connectivity index (χ2v) is 7.35. The van der Waals surface area contributed by atoms with Gasteiger partial charge in [0.25, 0.3) is 11.8 Å². The van der Waals surface area contributed by atoms with Crippen LogP contribution in [0.3, 0.4) is 0 Å². The summed E-state index contributed by atoms with van der Waals surface area (Å²) in [5.74, 6) is -0.434. The molecule has 4 rings (SSSR count). The van der Waals surface area contributed by atoms with Crippen molar-refractivity contribution < 1.29 is 9.59 Å². The minimum atomic E-state index is -0.227. The Kier molecular flexibility index (Phi) is 4.56. The van der Waals surface area contributed by atoms with Crippen molar-refractivity contribution in [3.63, 3.8) is 0 Å². The molecule has 0 radical (unpaired) electrons. The summed E-state index contributed by atoms with van der Waals surface area (Å²) in [5.41, 5.74) is 4.85. The number of nitrogens with zero attached hydrogens (tertiary/aromatic N) is 2. The topological polar surface area (TPSA) is 40.6 Å². The lowest BCUT2D eigenvalue weighted by Crippen LogP contribution is -2.37. The van der Waals surface area contributed by atoms with Crippen LogP contribution in [0.4, 0.5) is 5.69 Å². The Morgan fingerprint density at radius 2 is 1.48 bits per heavy atom. The molecule has 2 aliphatic rings. The van der Waals surface area contributed by atoms with E-state index in [1.165, 1.54) is 16.9 Å². The van der Waals surface area contributed by atoms with Gasteiger partial charge in [-0.3, -0.25) is 9.59 Å². The predicted octanol–water partition coefficient (Wildman–Crippen LogP) is 4.07. The van der Waals surface area contributed by atoms with Gasteiger partial charge in [0.05, 0.1) is 11.3 Å². The zero-order chi connectivity index (χ0) is 19.0. The van der Waals surface area contributed by atoms with E-state index in [1.54, 1.807) is 0 Å². The third-order valence-corrected chi connectivity index (χ3v) is 5.54.